The van der Waals surface area contributed by atoms with Gasteiger partial charge >= 0.3 is 12.1 Å². The summed E-state index contributed by atoms with van der Waals surface area (Å²) in [6.07, 6.45) is -3.85. The van der Waals surface area contributed by atoms with Crippen molar-refractivity contribution in [3.8, 4) is 16.3 Å². The minimum atomic E-state index is -4.42. The number of benzene rings is 3. The highest BCUT2D eigenvalue weighted by Gasteiger charge is 2.31. The molecule has 1 atom stereocenters. The second-order valence-corrected chi connectivity index (χ2v) is 11.9. The summed E-state index contributed by atoms with van der Waals surface area (Å²) in [6, 6.07) is 17.9. The van der Waals surface area contributed by atoms with Crippen molar-refractivity contribution in [2.45, 2.75) is 58.1 Å². The number of ether oxygens (including phenoxy) is 2. The number of aromatic nitrogens is 1. The van der Waals surface area contributed by atoms with Gasteiger partial charge in [-0.2, -0.15) is 13.2 Å². The zero-order valence-electron chi connectivity index (χ0n) is 23.0. The molecule has 0 radical (unpaired) electrons. The van der Waals surface area contributed by atoms with Crippen molar-refractivity contribution < 1.29 is 32.5 Å². The number of hydrogen-bond donors (Lipinski definition) is 1. The first-order valence-electron chi connectivity index (χ1n) is 13.0. The van der Waals surface area contributed by atoms with Crippen molar-refractivity contribution in [3.05, 3.63) is 104 Å². The van der Waals surface area contributed by atoms with Crippen LogP contribution in [0.3, 0.4) is 0 Å². The van der Waals surface area contributed by atoms with Gasteiger partial charge in [0.2, 0.25) is 0 Å². The first-order chi connectivity index (χ1) is 19.8. The molecular weight excluding hydrogens is 610 g/mol. The van der Waals surface area contributed by atoms with Crippen LogP contribution in [0.1, 0.15) is 53.6 Å². The summed E-state index contributed by atoms with van der Waals surface area (Å²) >= 11 is 14.4. The van der Waals surface area contributed by atoms with Crippen LogP contribution in [-0.4, -0.2) is 21.7 Å². The number of alkyl halides is 3. The molecule has 0 saturated heterocycles. The summed E-state index contributed by atoms with van der Waals surface area (Å²) in [6.45, 7) is 5.01. The minimum absolute atomic E-state index is 0.115. The van der Waals surface area contributed by atoms with Gasteiger partial charge in [-0.25, -0.2) is 9.78 Å². The van der Waals surface area contributed by atoms with E-state index in [2.05, 4.69) is 4.98 Å². The van der Waals surface area contributed by atoms with Crippen molar-refractivity contribution in [2.24, 2.45) is 0 Å². The molecule has 11 heteroatoms. The molecule has 1 heterocycles. The van der Waals surface area contributed by atoms with Crippen LogP contribution >= 0.6 is 34.5 Å². The highest BCUT2D eigenvalue weighted by Crippen LogP contribution is 2.40. The van der Waals surface area contributed by atoms with E-state index in [4.69, 9.17) is 32.7 Å². The lowest BCUT2D eigenvalue weighted by Crippen LogP contribution is -2.38. The van der Waals surface area contributed by atoms with Crippen LogP contribution in [0.2, 0.25) is 10.0 Å². The lowest BCUT2D eigenvalue weighted by Gasteiger charge is -2.23. The molecule has 0 fully saturated rings. The fourth-order valence-corrected chi connectivity index (χ4v) is 5.77. The molecule has 222 valence electrons. The highest BCUT2D eigenvalue weighted by molar-refractivity contribution is 7.15. The number of carboxylic acid groups (broad SMARTS) is 1. The van der Waals surface area contributed by atoms with Crippen LogP contribution in [-0.2, 0) is 28.7 Å². The molecule has 0 amide bonds. The van der Waals surface area contributed by atoms with Crippen LogP contribution in [0.5, 0.6) is 5.75 Å². The smallest absolute Gasteiger partial charge is 0.416 e. The molecule has 1 unspecified atom stereocenters. The van der Waals surface area contributed by atoms with Gasteiger partial charge in [-0.1, -0.05) is 71.7 Å². The number of carboxylic acids is 1. The molecule has 4 rings (SSSR count). The largest absolute Gasteiger partial charge is 0.478 e. The maximum absolute atomic E-state index is 13.0. The molecule has 42 heavy (non-hydrogen) atoms. The summed E-state index contributed by atoms with van der Waals surface area (Å²) in [5.41, 5.74) is 0.786. The predicted octanol–water partition coefficient (Wildman–Crippen LogP) is 9.58. The number of rotatable bonds is 11. The van der Waals surface area contributed by atoms with E-state index >= 15 is 0 Å². The van der Waals surface area contributed by atoms with E-state index in [1.54, 1.807) is 12.1 Å². The SMILES string of the molecule is Cc1nc(-c2ccc(C(F)(F)F)cc2)sc1C(CCc1ccc(OC(C)(C)C(=O)O)c(Cl)c1Cl)OCc1ccccc1. The van der Waals surface area contributed by atoms with Gasteiger partial charge in [0, 0.05) is 5.56 Å². The Labute approximate surface area is 255 Å². The van der Waals surface area contributed by atoms with Crippen LogP contribution in [0, 0.1) is 6.92 Å². The summed E-state index contributed by atoms with van der Waals surface area (Å²) < 4.78 is 51.1. The van der Waals surface area contributed by atoms with E-state index in [-0.39, 0.29) is 15.8 Å². The summed E-state index contributed by atoms with van der Waals surface area (Å²) in [5.74, 6) is -0.984. The summed E-state index contributed by atoms with van der Waals surface area (Å²) in [4.78, 5) is 17.0. The standard InChI is InChI=1S/C31H28Cl2F3NO4S/c1-18-27(42-28(37-18)21-9-13-22(14-10-21)31(34,35)36)24(40-17-19-7-5-4-6-8-19)16-12-20-11-15-23(26(33)25(20)32)41-30(2,3)29(38)39/h4-11,13-15,24H,12,16-17H2,1-3H3,(H,38,39). The average Bonchev–Trinajstić information content (AvgIpc) is 3.33. The van der Waals surface area contributed by atoms with Crippen molar-refractivity contribution in [1.82, 2.24) is 4.98 Å². The van der Waals surface area contributed by atoms with E-state index < -0.39 is 29.4 Å². The fourth-order valence-electron chi connectivity index (χ4n) is 4.14. The monoisotopic (exact) mass is 637 g/mol. The van der Waals surface area contributed by atoms with Gasteiger partial charge < -0.3 is 14.6 Å². The Balaban J connectivity index is 1.58. The predicted molar refractivity (Wildman–Crippen MR) is 158 cm³/mol. The van der Waals surface area contributed by atoms with E-state index in [1.807, 2.05) is 37.3 Å². The van der Waals surface area contributed by atoms with Crippen molar-refractivity contribution in [1.29, 1.82) is 0 Å². The van der Waals surface area contributed by atoms with Crippen molar-refractivity contribution in [2.75, 3.05) is 0 Å². The molecule has 0 aliphatic rings. The summed E-state index contributed by atoms with van der Waals surface area (Å²) in [7, 11) is 0. The zero-order valence-corrected chi connectivity index (χ0v) is 25.3. The van der Waals surface area contributed by atoms with Crippen molar-refractivity contribution in [3.63, 3.8) is 0 Å². The lowest BCUT2D eigenvalue weighted by molar-refractivity contribution is -0.152. The van der Waals surface area contributed by atoms with Gasteiger partial charge in [-0.05, 0) is 62.9 Å². The molecule has 4 aromatic rings. The van der Waals surface area contributed by atoms with Crippen LogP contribution in [0.15, 0.2) is 66.7 Å². The quantitative estimate of drug-likeness (QED) is 0.177. The third kappa shape index (κ3) is 7.64. The van der Waals surface area contributed by atoms with E-state index in [9.17, 15) is 23.1 Å². The zero-order chi connectivity index (χ0) is 30.7. The molecule has 1 aromatic heterocycles. The Morgan fingerprint density at radius 1 is 1.00 bits per heavy atom. The first kappa shape index (κ1) is 31.8. The molecule has 5 nitrogen and oxygen atoms in total. The average molecular weight is 639 g/mol. The number of aliphatic carboxylic acids is 1. The molecule has 3 aromatic carbocycles. The summed E-state index contributed by atoms with van der Waals surface area (Å²) in [5, 5.41) is 10.3. The van der Waals surface area contributed by atoms with Crippen LogP contribution in [0.4, 0.5) is 13.2 Å². The molecule has 0 bridgehead atoms. The van der Waals surface area contributed by atoms with E-state index in [0.717, 1.165) is 33.8 Å². The fraction of sp³-hybridized carbons (Fsp3) is 0.290. The van der Waals surface area contributed by atoms with Gasteiger partial charge in [0.15, 0.2) is 5.60 Å². The first-order valence-corrected chi connectivity index (χ1v) is 14.5. The molecule has 0 spiro atoms. The Morgan fingerprint density at radius 2 is 1.67 bits per heavy atom. The van der Waals surface area contributed by atoms with Gasteiger partial charge in [0.05, 0.1) is 33.9 Å². The topological polar surface area (TPSA) is 68.7 Å². The Morgan fingerprint density at radius 3 is 2.29 bits per heavy atom. The second kappa shape index (κ2) is 13.0. The molecule has 0 saturated carbocycles. The van der Waals surface area contributed by atoms with Crippen LogP contribution < -0.4 is 4.74 Å². The highest BCUT2D eigenvalue weighted by atomic mass is 35.5. The Hall–Kier alpha value is -3.11. The van der Waals surface area contributed by atoms with E-state index in [1.165, 1.54) is 37.3 Å². The Kier molecular flexibility index (Phi) is 9.88. The number of thiazole rings is 1. The maximum atomic E-state index is 13.0. The molecule has 1 N–H and O–H groups in total. The van der Waals surface area contributed by atoms with Gasteiger partial charge in [-0.15, -0.1) is 11.3 Å². The van der Waals surface area contributed by atoms with Gasteiger partial charge in [0.1, 0.15) is 15.8 Å². The maximum Gasteiger partial charge on any atom is 0.416 e. The van der Waals surface area contributed by atoms with Gasteiger partial charge in [-0.3, -0.25) is 0 Å². The third-order valence-electron chi connectivity index (χ3n) is 6.56. The van der Waals surface area contributed by atoms with Gasteiger partial charge in [0.25, 0.3) is 0 Å². The van der Waals surface area contributed by atoms with Crippen molar-refractivity contribution >= 4 is 40.5 Å². The Bertz CT molecular complexity index is 1540. The number of aryl methyl sites for hydroxylation is 2. The number of nitrogens with zero attached hydrogens (tertiary/aromatic N) is 1. The normalized spacial score (nSPS) is 12.8. The number of halogens is 5. The number of hydrogen-bond acceptors (Lipinski definition) is 5. The molecular formula is C31H28Cl2F3NO4S. The van der Waals surface area contributed by atoms with E-state index in [0.29, 0.717) is 30.0 Å². The minimum Gasteiger partial charge on any atom is -0.478 e. The van der Waals surface area contributed by atoms with Crippen LogP contribution in [0.25, 0.3) is 10.6 Å². The second-order valence-electron chi connectivity index (χ2n) is 10.1. The number of carbonyl (C=O) groups is 1. The molecule has 0 aliphatic carbocycles. The molecule has 0 aliphatic heterocycles. The third-order valence-corrected chi connectivity index (χ3v) is 8.76. The lowest BCUT2D eigenvalue weighted by atomic mass is 10.0.